The largest absolute Gasteiger partial charge is 0.383 e. The Morgan fingerprint density at radius 3 is 2.75 bits per heavy atom. The fourth-order valence-corrected chi connectivity index (χ4v) is 2.05. The van der Waals surface area contributed by atoms with Crippen molar-refractivity contribution in [1.82, 2.24) is 9.88 Å². The van der Waals surface area contributed by atoms with E-state index in [1.54, 1.807) is 0 Å². The highest BCUT2D eigenvalue weighted by Crippen LogP contribution is 2.18. The number of rotatable bonds is 2. The molecule has 1 aliphatic heterocycles. The number of nitrogen functional groups attached to an aromatic ring is 1. The number of likely N-dealkylation sites (tertiary alicyclic amines) is 1. The number of pyridine rings is 1. The molecule has 0 aromatic carbocycles. The Morgan fingerprint density at radius 2 is 2.12 bits per heavy atom. The summed E-state index contributed by atoms with van der Waals surface area (Å²) in [5, 5.41) is 3.52. The van der Waals surface area contributed by atoms with Crippen LogP contribution in [-0.2, 0) is 0 Å². The van der Waals surface area contributed by atoms with Crippen LogP contribution in [0.1, 0.15) is 18.4 Å². The number of nitrogens with one attached hydrogen (secondary N) is 1. The summed E-state index contributed by atoms with van der Waals surface area (Å²) in [4.78, 5) is 6.53. The first-order valence-electron chi connectivity index (χ1n) is 5.82. The molecule has 3 N–H and O–H groups in total. The van der Waals surface area contributed by atoms with E-state index in [-0.39, 0.29) is 0 Å². The molecule has 0 spiro atoms. The molecule has 0 bridgehead atoms. The first kappa shape index (κ1) is 11.2. The fourth-order valence-electron chi connectivity index (χ4n) is 2.05. The highest BCUT2D eigenvalue weighted by Gasteiger charge is 2.16. The number of hydrogen-bond donors (Lipinski definition) is 2. The van der Waals surface area contributed by atoms with Gasteiger partial charge in [0.05, 0.1) is 11.9 Å². The lowest BCUT2D eigenvalue weighted by atomic mass is 10.1. The Morgan fingerprint density at radius 1 is 1.44 bits per heavy atom. The summed E-state index contributed by atoms with van der Waals surface area (Å²) in [7, 11) is 2.17. The third-order valence-electron chi connectivity index (χ3n) is 3.21. The molecule has 88 valence electrons. The first-order chi connectivity index (χ1) is 7.65. The predicted molar refractivity (Wildman–Crippen MR) is 67.5 cm³/mol. The molecule has 0 aliphatic carbocycles. The SMILES string of the molecule is Cc1cc(NC2CCN(C)CC2)cnc1N. The van der Waals surface area contributed by atoms with Crippen LogP contribution >= 0.6 is 0 Å². The van der Waals surface area contributed by atoms with Gasteiger partial charge in [0.1, 0.15) is 5.82 Å². The van der Waals surface area contributed by atoms with Crippen LogP contribution in [0.2, 0.25) is 0 Å². The van der Waals surface area contributed by atoms with Gasteiger partial charge in [-0.25, -0.2) is 4.98 Å². The van der Waals surface area contributed by atoms with Gasteiger partial charge >= 0.3 is 0 Å². The Kier molecular flexibility index (Phi) is 3.29. The maximum atomic E-state index is 5.69. The van der Waals surface area contributed by atoms with Crippen molar-refractivity contribution in [2.24, 2.45) is 0 Å². The Balaban J connectivity index is 1.96. The Hall–Kier alpha value is -1.29. The van der Waals surface area contributed by atoms with Crippen molar-refractivity contribution < 1.29 is 0 Å². The van der Waals surface area contributed by atoms with Gasteiger partial charge in [-0.2, -0.15) is 0 Å². The third kappa shape index (κ3) is 2.64. The van der Waals surface area contributed by atoms with Crippen LogP contribution in [0.15, 0.2) is 12.3 Å². The average molecular weight is 220 g/mol. The van der Waals surface area contributed by atoms with Crippen molar-refractivity contribution >= 4 is 11.5 Å². The number of aryl methyl sites for hydroxylation is 1. The van der Waals surface area contributed by atoms with Gasteiger partial charge in [0.25, 0.3) is 0 Å². The number of hydrogen-bond acceptors (Lipinski definition) is 4. The number of anilines is 2. The molecule has 1 fully saturated rings. The summed E-state index contributed by atoms with van der Waals surface area (Å²) in [6.45, 7) is 4.32. The molecule has 4 heteroatoms. The minimum Gasteiger partial charge on any atom is -0.383 e. The van der Waals surface area contributed by atoms with Crippen LogP contribution in [0.4, 0.5) is 11.5 Å². The lowest BCUT2D eigenvalue weighted by Gasteiger charge is -2.30. The van der Waals surface area contributed by atoms with Crippen molar-refractivity contribution in [3.05, 3.63) is 17.8 Å². The lowest BCUT2D eigenvalue weighted by molar-refractivity contribution is 0.264. The fraction of sp³-hybridized carbons (Fsp3) is 0.583. The third-order valence-corrected chi connectivity index (χ3v) is 3.21. The van der Waals surface area contributed by atoms with E-state index in [4.69, 9.17) is 5.73 Å². The van der Waals surface area contributed by atoms with Crippen molar-refractivity contribution in [3.8, 4) is 0 Å². The zero-order chi connectivity index (χ0) is 11.5. The molecule has 1 saturated heterocycles. The maximum Gasteiger partial charge on any atom is 0.126 e. The molecule has 0 unspecified atom stereocenters. The normalized spacial score (nSPS) is 18.6. The van der Waals surface area contributed by atoms with Gasteiger partial charge in [-0.15, -0.1) is 0 Å². The van der Waals surface area contributed by atoms with Crippen molar-refractivity contribution in [1.29, 1.82) is 0 Å². The summed E-state index contributed by atoms with van der Waals surface area (Å²) in [5.74, 6) is 0.619. The molecule has 0 radical (unpaired) electrons. The second kappa shape index (κ2) is 4.70. The second-order valence-corrected chi connectivity index (χ2v) is 4.65. The molecule has 0 saturated carbocycles. The lowest BCUT2D eigenvalue weighted by Crippen LogP contribution is -2.36. The first-order valence-corrected chi connectivity index (χ1v) is 5.82. The monoisotopic (exact) mass is 220 g/mol. The summed E-state index contributed by atoms with van der Waals surface area (Å²) in [6, 6.07) is 2.64. The smallest absolute Gasteiger partial charge is 0.126 e. The molecule has 16 heavy (non-hydrogen) atoms. The molecule has 2 heterocycles. The maximum absolute atomic E-state index is 5.69. The zero-order valence-corrected chi connectivity index (χ0v) is 10.0. The van der Waals surface area contributed by atoms with E-state index in [1.807, 2.05) is 13.1 Å². The van der Waals surface area contributed by atoms with Gasteiger partial charge in [0, 0.05) is 6.04 Å². The van der Waals surface area contributed by atoms with E-state index in [1.165, 1.54) is 25.9 Å². The molecule has 1 aliphatic rings. The van der Waals surface area contributed by atoms with Crippen molar-refractivity contribution in [3.63, 3.8) is 0 Å². The molecule has 0 atom stereocenters. The number of nitrogens with zero attached hydrogens (tertiary/aromatic N) is 2. The quantitative estimate of drug-likeness (QED) is 0.792. The molecular weight excluding hydrogens is 200 g/mol. The van der Waals surface area contributed by atoms with E-state index < -0.39 is 0 Å². The summed E-state index contributed by atoms with van der Waals surface area (Å²) in [6.07, 6.45) is 4.21. The van der Waals surface area contributed by atoms with E-state index in [9.17, 15) is 0 Å². The van der Waals surface area contributed by atoms with Gasteiger partial charge < -0.3 is 16.0 Å². The molecule has 1 aromatic heterocycles. The molecule has 0 amide bonds. The predicted octanol–water partition coefficient (Wildman–Crippen LogP) is 1.48. The second-order valence-electron chi connectivity index (χ2n) is 4.65. The summed E-state index contributed by atoms with van der Waals surface area (Å²) >= 11 is 0. The van der Waals surface area contributed by atoms with Gasteiger partial charge in [0.15, 0.2) is 0 Å². The molecule has 2 rings (SSSR count). The summed E-state index contributed by atoms with van der Waals surface area (Å²) in [5.41, 5.74) is 7.82. The highest BCUT2D eigenvalue weighted by molar-refractivity contribution is 5.51. The molecular formula is C12H20N4. The van der Waals surface area contributed by atoms with Crippen LogP contribution in [0.5, 0.6) is 0 Å². The van der Waals surface area contributed by atoms with Crippen molar-refractivity contribution in [2.75, 3.05) is 31.2 Å². The molecule has 4 nitrogen and oxygen atoms in total. The number of nitrogens with two attached hydrogens (primary N) is 1. The average Bonchev–Trinajstić information content (AvgIpc) is 2.27. The molecule has 1 aromatic rings. The van der Waals surface area contributed by atoms with Gasteiger partial charge in [-0.05, 0) is 51.5 Å². The van der Waals surface area contributed by atoms with E-state index in [0.717, 1.165) is 11.3 Å². The highest BCUT2D eigenvalue weighted by atomic mass is 15.1. The summed E-state index contributed by atoms with van der Waals surface area (Å²) < 4.78 is 0. The minimum absolute atomic E-state index is 0.570. The Bertz CT molecular complexity index is 356. The van der Waals surface area contributed by atoms with E-state index in [2.05, 4.69) is 28.3 Å². The van der Waals surface area contributed by atoms with Crippen LogP contribution < -0.4 is 11.1 Å². The van der Waals surface area contributed by atoms with E-state index in [0.29, 0.717) is 11.9 Å². The van der Waals surface area contributed by atoms with Gasteiger partial charge in [0.2, 0.25) is 0 Å². The zero-order valence-electron chi connectivity index (χ0n) is 10.0. The van der Waals surface area contributed by atoms with E-state index >= 15 is 0 Å². The standard InChI is InChI=1S/C12H20N4/c1-9-7-11(8-14-12(9)13)15-10-3-5-16(2)6-4-10/h7-8,10,15H,3-6H2,1-2H3,(H2,13,14). The Labute approximate surface area is 96.8 Å². The van der Waals surface area contributed by atoms with Gasteiger partial charge in [-0.1, -0.05) is 0 Å². The van der Waals surface area contributed by atoms with Crippen LogP contribution in [0.3, 0.4) is 0 Å². The van der Waals surface area contributed by atoms with Crippen LogP contribution in [0.25, 0.3) is 0 Å². The number of aromatic nitrogens is 1. The number of piperidine rings is 1. The van der Waals surface area contributed by atoms with Crippen LogP contribution in [0, 0.1) is 6.92 Å². The van der Waals surface area contributed by atoms with Crippen LogP contribution in [-0.4, -0.2) is 36.1 Å². The topological polar surface area (TPSA) is 54.2 Å². The van der Waals surface area contributed by atoms with Gasteiger partial charge in [-0.3, -0.25) is 0 Å². The minimum atomic E-state index is 0.570. The van der Waals surface area contributed by atoms with Crippen molar-refractivity contribution in [2.45, 2.75) is 25.8 Å².